The zero-order valence-corrected chi connectivity index (χ0v) is 42.0. The lowest BCUT2D eigenvalue weighted by Gasteiger charge is -2.40. The second-order valence-electron chi connectivity index (χ2n) is 19.0. The van der Waals surface area contributed by atoms with Crippen LogP contribution >= 0.6 is 0 Å². The first kappa shape index (κ1) is 61.2. The fourth-order valence-electron chi connectivity index (χ4n) is 8.50. The molecule has 0 aliphatic carbocycles. The highest BCUT2D eigenvalue weighted by atomic mass is 16.7. The normalized spacial score (nSPS) is 20.3. The molecule has 0 spiro atoms. The molecule has 1 fully saturated rings. The summed E-state index contributed by atoms with van der Waals surface area (Å²) in [5.74, 6) is -0.191. The molecule has 9 nitrogen and oxygen atoms in total. The van der Waals surface area contributed by atoms with Gasteiger partial charge in [0, 0.05) is 6.42 Å². The van der Waals surface area contributed by atoms with Crippen LogP contribution in [0.3, 0.4) is 0 Å². The lowest BCUT2D eigenvalue weighted by atomic mass is 9.99. The molecular formula is C56H103NO8. The molecule has 9 heteroatoms. The number of aliphatic hydroxyl groups excluding tert-OH is 5. The fourth-order valence-corrected chi connectivity index (χ4v) is 8.50. The first-order chi connectivity index (χ1) is 31.8. The molecule has 0 aromatic rings. The van der Waals surface area contributed by atoms with Crippen molar-refractivity contribution in [2.45, 2.75) is 288 Å². The second kappa shape index (κ2) is 45.9. The first-order valence-electron chi connectivity index (χ1n) is 27.4. The highest BCUT2D eigenvalue weighted by molar-refractivity contribution is 5.76. The molecule has 1 aliphatic rings. The number of allylic oxidation sites excluding steroid dienone is 7. The van der Waals surface area contributed by atoms with Crippen molar-refractivity contribution in [2.75, 3.05) is 13.2 Å². The van der Waals surface area contributed by atoms with Crippen LogP contribution in [0, 0.1) is 0 Å². The Bertz CT molecular complexity index is 1160. The summed E-state index contributed by atoms with van der Waals surface area (Å²) in [6.45, 7) is 3.75. The van der Waals surface area contributed by atoms with E-state index < -0.39 is 49.5 Å². The summed E-state index contributed by atoms with van der Waals surface area (Å²) < 4.78 is 11.2. The largest absolute Gasteiger partial charge is 0.394 e. The molecule has 0 aromatic carbocycles. The summed E-state index contributed by atoms with van der Waals surface area (Å²) in [4.78, 5) is 13.0. The van der Waals surface area contributed by atoms with E-state index in [2.05, 4.69) is 55.6 Å². The Balaban J connectivity index is 2.29. The van der Waals surface area contributed by atoms with E-state index in [0.717, 1.165) is 51.4 Å². The van der Waals surface area contributed by atoms with Crippen LogP contribution in [0.25, 0.3) is 0 Å². The lowest BCUT2D eigenvalue weighted by Crippen LogP contribution is -2.60. The van der Waals surface area contributed by atoms with E-state index in [1.165, 1.54) is 173 Å². The minimum atomic E-state index is -1.57. The van der Waals surface area contributed by atoms with E-state index in [0.29, 0.717) is 6.42 Å². The summed E-state index contributed by atoms with van der Waals surface area (Å²) in [5.41, 5.74) is 0. The molecular weight excluding hydrogens is 815 g/mol. The third kappa shape index (κ3) is 35.9. The van der Waals surface area contributed by atoms with Crippen LogP contribution in [0.4, 0.5) is 0 Å². The van der Waals surface area contributed by atoms with Gasteiger partial charge in [-0.25, -0.2) is 0 Å². The highest BCUT2D eigenvalue weighted by Gasteiger charge is 2.44. The second-order valence-corrected chi connectivity index (χ2v) is 19.0. The highest BCUT2D eigenvalue weighted by Crippen LogP contribution is 2.23. The molecule has 1 heterocycles. The van der Waals surface area contributed by atoms with E-state index in [9.17, 15) is 30.3 Å². The van der Waals surface area contributed by atoms with Gasteiger partial charge in [0.25, 0.3) is 0 Å². The monoisotopic (exact) mass is 918 g/mol. The van der Waals surface area contributed by atoms with Crippen LogP contribution < -0.4 is 5.32 Å². The number of ether oxygens (including phenoxy) is 2. The third-order valence-electron chi connectivity index (χ3n) is 12.9. The van der Waals surface area contributed by atoms with Gasteiger partial charge in [-0.2, -0.15) is 0 Å². The SMILES string of the molecule is CCCCC/C=C\C/C=C\CCCCCCCCCCCC(=O)NC(COC1OC(CO)C(O)C(O)C1O)C(O)/C=C/CC/C=C/CCCCCCCCCCCCCCCCCCC. The number of nitrogens with one attached hydrogen (secondary N) is 1. The van der Waals surface area contributed by atoms with E-state index in [-0.39, 0.29) is 12.5 Å². The molecule has 1 rings (SSSR count). The van der Waals surface area contributed by atoms with Crippen LogP contribution in [-0.2, 0) is 14.3 Å². The topological polar surface area (TPSA) is 149 Å². The van der Waals surface area contributed by atoms with Gasteiger partial charge in [0.1, 0.15) is 24.4 Å². The van der Waals surface area contributed by atoms with Crippen molar-refractivity contribution in [2.24, 2.45) is 0 Å². The van der Waals surface area contributed by atoms with E-state index in [1.54, 1.807) is 6.08 Å². The fraction of sp³-hybridized carbons (Fsp3) is 0.839. The molecule has 380 valence electrons. The van der Waals surface area contributed by atoms with Gasteiger partial charge in [0.2, 0.25) is 5.91 Å². The maximum atomic E-state index is 13.0. The third-order valence-corrected chi connectivity index (χ3v) is 12.9. The van der Waals surface area contributed by atoms with Crippen molar-refractivity contribution in [1.29, 1.82) is 0 Å². The van der Waals surface area contributed by atoms with Crippen molar-refractivity contribution >= 4 is 5.91 Å². The number of aliphatic hydroxyl groups is 5. The zero-order valence-electron chi connectivity index (χ0n) is 42.0. The van der Waals surface area contributed by atoms with E-state index in [4.69, 9.17) is 9.47 Å². The van der Waals surface area contributed by atoms with Crippen LogP contribution in [0.5, 0.6) is 0 Å². The molecule has 7 atom stereocenters. The standard InChI is InChI=1S/C56H103NO8/c1-3-5-7-9-11-13-15-17-19-21-23-24-25-26-28-29-31-33-35-37-39-41-43-45-50(59)49(48-64-56-55(63)54(62)53(61)51(47-58)65-56)57-52(60)46-44-42-40-38-36-34-32-30-27-22-20-18-16-14-12-10-8-6-4-2/h12,14,18,20,35,37,43,45,49-51,53-56,58-59,61-63H,3-11,13,15-17,19,21-34,36,38-42,44,46-48H2,1-2H3,(H,57,60)/b14-12-,20-18-,37-35+,45-43+. The predicted molar refractivity (Wildman–Crippen MR) is 272 cm³/mol. The molecule has 0 saturated carbocycles. The predicted octanol–water partition coefficient (Wildman–Crippen LogP) is 13.0. The number of carbonyl (C=O) groups is 1. The molecule has 0 bridgehead atoms. The maximum absolute atomic E-state index is 13.0. The molecule has 65 heavy (non-hydrogen) atoms. The Hall–Kier alpha value is -1.85. The van der Waals surface area contributed by atoms with Gasteiger partial charge in [-0.05, 0) is 64.2 Å². The van der Waals surface area contributed by atoms with Gasteiger partial charge in [-0.1, -0.05) is 223 Å². The summed E-state index contributed by atoms with van der Waals surface area (Å²) in [5, 5.41) is 54.4. The summed E-state index contributed by atoms with van der Waals surface area (Å²) in [7, 11) is 0. The number of rotatable bonds is 46. The Morgan fingerprint density at radius 3 is 1.42 bits per heavy atom. The number of hydrogen-bond donors (Lipinski definition) is 6. The Morgan fingerprint density at radius 2 is 0.923 bits per heavy atom. The molecule has 7 unspecified atom stereocenters. The van der Waals surface area contributed by atoms with Crippen molar-refractivity contribution in [3.63, 3.8) is 0 Å². The quantitative estimate of drug-likeness (QED) is 0.0261. The Labute approximate surface area is 399 Å². The summed E-state index contributed by atoms with van der Waals surface area (Å²) in [6, 6.07) is -0.825. The molecule has 1 amide bonds. The van der Waals surface area contributed by atoms with Gasteiger partial charge in [-0.15, -0.1) is 0 Å². The zero-order chi connectivity index (χ0) is 47.3. The number of hydrogen-bond acceptors (Lipinski definition) is 8. The molecule has 0 aromatic heterocycles. The average molecular weight is 918 g/mol. The van der Waals surface area contributed by atoms with Gasteiger partial charge >= 0.3 is 0 Å². The minimum Gasteiger partial charge on any atom is -0.394 e. The minimum absolute atomic E-state index is 0.191. The number of carbonyl (C=O) groups excluding carboxylic acids is 1. The van der Waals surface area contributed by atoms with Gasteiger partial charge in [-0.3, -0.25) is 4.79 Å². The van der Waals surface area contributed by atoms with E-state index >= 15 is 0 Å². The van der Waals surface area contributed by atoms with Crippen LogP contribution in [0.15, 0.2) is 48.6 Å². The van der Waals surface area contributed by atoms with E-state index in [1.807, 2.05) is 6.08 Å². The number of unbranched alkanes of at least 4 members (excludes halogenated alkanes) is 30. The van der Waals surface area contributed by atoms with Crippen molar-refractivity contribution in [1.82, 2.24) is 5.32 Å². The maximum Gasteiger partial charge on any atom is 0.220 e. The average Bonchev–Trinajstić information content (AvgIpc) is 3.31. The van der Waals surface area contributed by atoms with Crippen molar-refractivity contribution < 1.29 is 39.8 Å². The number of amides is 1. The summed E-state index contributed by atoms with van der Waals surface area (Å²) >= 11 is 0. The molecule has 0 radical (unpaired) electrons. The lowest BCUT2D eigenvalue weighted by molar-refractivity contribution is -0.302. The van der Waals surface area contributed by atoms with Gasteiger partial charge in [0.15, 0.2) is 6.29 Å². The molecule has 1 saturated heterocycles. The Kier molecular flexibility index (Phi) is 43.2. The van der Waals surface area contributed by atoms with Crippen LogP contribution in [0.1, 0.15) is 245 Å². The first-order valence-corrected chi connectivity index (χ1v) is 27.4. The summed E-state index contributed by atoms with van der Waals surface area (Å²) in [6.07, 6.45) is 53.1. The Morgan fingerprint density at radius 1 is 0.523 bits per heavy atom. The smallest absolute Gasteiger partial charge is 0.220 e. The van der Waals surface area contributed by atoms with Gasteiger partial charge < -0.3 is 40.3 Å². The van der Waals surface area contributed by atoms with Crippen LogP contribution in [-0.4, -0.2) is 87.5 Å². The van der Waals surface area contributed by atoms with Crippen molar-refractivity contribution in [3.8, 4) is 0 Å². The molecule has 1 aliphatic heterocycles. The van der Waals surface area contributed by atoms with Gasteiger partial charge in [0.05, 0.1) is 25.4 Å². The molecule has 6 N–H and O–H groups in total. The van der Waals surface area contributed by atoms with Crippen molar-refractivity contribution in [3.05, 3.63) is 48.6 Å². The van der Waals surface area contributed by atoms with Crippen LogP contribution in [0.2, 0.25) is 0 Å².